The Morgan fingerprint density at radius 3 is 1.51 bits per heavy atom. The van der Waals surface area contributed by atoms with Crippen molar-refractivity contribution in [1.82, 2.24) is 0 Å². The van der Waals surface area contributed by atoms with Gasteiger partial charge in [0.2, 0.25) is 0 Å². The number of para-hydroxylation sites is 3. The maximum absolute atomic E-state index is 10.3. The van der Waals surface area contributed by atoms with Crippen LogP contribution in [0.25, 0.3) is 33.4 Å². The van der Waals surface area contributed by atoms with Gasteiger partial charge in [0.25, 0.3) is 6.71 Å². The highest BCUT2D eigenvalue weighted by Crippen LogP contribution is 2.51. The Balaban J connectivity index is 1.21. The van der Waals surface area contributed by atoms with Crippen LogP contribution in [0.5, 0.6) is 0 Å². The molecule has 0 radical (unpaired) electrons. The highest BCUT2D eigenvalue weighted by atomic mass is 15.2. The lowest BCUT2D eigenvalue weighted by Gasteiger charge is -2.46. The molecule has 4 nitrogen and oxygen atoms in total. The predicted octanol–water partition coefficient (Wildman–Crippen LogP) is 15.4. The maximum Gasteiger partial charge on any atom is 0.252 e. The van der Waals surface area contributed by atoms with Gasteiger partial charge in [-0.3, -0.25) is 0 Å². The van der Waals surface area contributed by atoms with Crippen LogP contribution in [0.1, 0.15) is 31.9 Å². The smallest absolute Gasteiger partial charge is 0.252 e. The minimum absolute atomic E-state index is 0.107. The first-order valence-corrected chi connectivity index (χ1v) is 24.1. The number of hydrogen-bond donors (Lipinski definition) is 0. The highest BCUT2D eigenvalue weighted by molar-refractivity contribution is 7.00. The minimum Gasteiger partial charge on any atom is -0.311 e. The van der Waals surface area contributed by atoms with Crippen LogP contribution >= 0.6 is 0 Å². The van der Waals surface area contributed by atoms with Crippen molar-refractivity contribution in [3.63, 3.8) is 0 Å². The molecule has 0 atom stereocenters. The van der Waals surface area contributed by atoms with Crippen molar-refractivity contribution in [2.24, 2.45) is 0 Å². The lowest BCUT2D eigenvalue weighted by Crippen LogP contribution is -2.61. The molecule has 0 amide bonds. The molecule has 2 aliphatic rings. The van der Waals surface area contributed by atoms with Gasteiger partial charge in [-0.1, -0.05) is 185 Å². The summed E-state index contributed by atoms with van der Waals surface area (Å²) >= 11 is 0. The van der Waals surface area contributed by atoms with Gasteiger partial charge in [0.05, 0.1) is 23.0 Å². The van der Waals surface area contributed by atoms with Crippen molar-refractivity contribution in [2.75, 3.05) is 14.7 Å². The standard InChI is InChI=1S/C65H49BN4/c1-65(2,3)50-41-62-64-63(42-50)70(60-40-49(46-21-9-4-10-22-46)34-36-54(60)47-23-11-5-12-24-47)61-43-53(68(51-27-15-7-16-28-51)52-29-17-8-18-30-52)35-37-57(61)66(64)56-31-19-20-32-59(56)69(62)58-38-33-45(44-67)39-55(58)48-25-13-6-14-26-48/h4-43H,1-3H3. The summed E-state index contributed by atoms with van der Waals surface area (Å²) in [4.78, 5) is 7.43. The first kappa shape index (κ1) is 42.5. The number of nitrogens with zero attached hydrogens (tertiary/aromatic N) is 4. The number of anilines is 9. The van der Waals surface area contributed by atoms with Crippen molar-refractivity contribution in [1.29, 1.82) is 5.26 Å². The Bertz CT molecular complexity index is 3560. The molecule has 0 unspecified atom stereocenters. The van der Waals surface area contributed by atoms with Crippen molar-refractivity contribution in [3.05, 3.63) is 254 Å². The third-order valence-corrected chi connectivity index (χ3v) is 14.0. The molecule has 0 aromatic heterocycles. The van der Waals surface area contributed by atoms with Gasteiger partial charge in [0.15, 0.2) is 0 Å². The normalized spacial score (nSPS) is 12.4. The van der Waals surface area contributed by atoms with E-state index in [2.05, 4.69) is 272 Å². The predicted molar refractivity (Wildman–Crippen MR) is 295 cm³/mol. The quantitative estimate of drug-likeness (QED) is 0.142. The largest absolute Gasteiger partial charge is 0.311 e. The molecule has 0 spiro atoms. The Morgan fingerprint density at radius 1 is 0.386 bits per heavy atom. The van der Waals surface area contributed by atoms with Crippen LogP contribution in [0.2, 0.25) is 0 Å². The fourth-order valence-electron chi connectivity index (χ4n) is 10.7. The fourth-order valence-corrected chi connectivity index (χ4v) is 10.7. The van der Waals surface area contributed by atoms with Gasteiger partial charge >= 0.3 is 0 Å². The van der Waals surface area contributed by atoms with Crippen LogP contribution in [-0.4, -0.2) is 6.71 Å². The number of nitriles is 1. The summed E-state index contributed by atoms with van der Waals surface area (Å²) in [5, 5.41) is 10.3. The number of rotatable bonds is 8. The maximum atomic E-state index is 10.3. The number of fused-ring (bicyclic) bond motifs is 4. The van der Waals surface area contributed by atoms with Gasteiger partial charge in [-0.15, -0.1) is 0 Å². The second-order valence-corrected chi connectivity index (χ2v) is 19.3. The SMILES string of the molecule is CC(C)(C)c1cc2c3c(c1)N(c1cc(-c4ccccc4)ccc1-c1ccccc1)c1cc(N(c4ccccc4)c4ccccc4)ccc1B3c1ccccc1N2c1ccc(C#N)cc1-c1ccccc1. The lowest BCUT2D eigenvalue weighted by atomic mass is 9.33. The van der Waals surface area contributed by atoms with Crippen LogP contribution in [0, 0.1) is 11.3 Å². The average Bonchev–Trinajstić information content (AvgIpc) is 3.41. The van der Waals surface area contributed by atoms with E-state index in [9.17, 15) is 5.26 Å². The van der Waals surface area contributed by atoms with Gasteiger partial charge in [0.1, 0.15) is 0 Å². The van der Waals surface area contributed by atoms with E-state index in [1.54, 1.807) is 0 Å². The summed E-state index contributed by atoms with van der Waals surface area (Å²) in [5.74, 6) is 0. The summed E-state index contributed by atoms with van der Waals surface area (Å²) in [6.07, 6.45) is 0. The van der Waals surface area contributed by atoms with Crippen LogP contribution in [-0.2, 0) is 5.41 Å². The first-order chi connectivity index (χ1) is 34.3. The lowest BCUT2D eigenvalue weighted by molar-refractivity contribution is 0.590. The van der Waals surface area contributed by atoms with Crippen molar-refractivity contribution in [3.8, 4) is 39.4 Å². The van der Waals surface area contributed by atoms with Gasteiger partial charge < -0.3 is 14.7 Å². The molecule has 0 bridgehead atoms. The number of benzene rings is 10. The highest BCUT2D eigenvalue weighted by Gasteiger charge is 2.45. The van der Waals surface area contributed by atoms with E-state index in [0.29, 0.717) is 5.56 Å². The van der Waals surface area contributed by atoms with Crippen molar-refractivity contribution < 1.29 is 0 Å². The molecule has 332 valence electrons. The van der Waals surface area contributed by atoms with Crippen LogP contribution < -0.4 is 31.1 Å². The van der Waals surface area contributed by atoms with E-state index >= 15 is 0 Å². The van der Waals surface area contributed by atoms with Crippen LogP contribution in [0.3, 0.4) is 0 Å². The molecule has 0 saturated carbocycles. The molecule has 10 aromatic rings. The zero-order chi connectivity index (χ0) is 47.3. The molecule has 0 N–H and O–H groups in total. The molecule has 2 heterocycles. The Hall–Kier alpha value is -8.85. The topological polar surface area (TPSA) is 33.5 Å². The van der Waals surface area contributed by atoms with E-state index < -0.39 is 0 Å². The number of hydrogen-bond acceptors (Lipinski definition) is 4. The second-order valence-electron chi connectivity index (χ2n) is 19.3. The van der Waals surface area contributed by atoms with Crippen LogP contribution in [0.4, 0.5) is 51.2 Å². The zero-order valence-electron chi connectivity index (χ0n) is 39.5. The van der Waals surface area contributed by atoms with E-state index in [1.165, 1.54) is 22.0 Å². The van der Waals surface area contributed by atoms with E-state index in [0.717, 1.165) is 84.6 Å². The Labute approximate surface area is 411 Å². The summed E-state index contributed by atoms with van der Waals surface area (Å²) in [7, 11) is 0. The van der Waals surface area contributed by atoms with Crippen LogP contribution in [0.15, 0.2) is 243 Å². The van der Waals surface area contributed by atoms with Gasteiger partial charge in [0, 0.05) is 50.9 Å². The summed E-state index contributed by atoms with van der Waals surface area (Å²) in [6, 6.07) is 90.0. The van der Waals surface area contributed by atoms with Gasteiger partial charge in [-0.25, -0.2) is 0 Å². The van der Waals surface area contributed by atoms with Gasteiger partial charge in [-0.2, -0.15) is 5.26 Å². The second kappa shape index (κ2) is 17.3. The zero-order valence-corrected chi connectivity index (χ0v) is 39.5. The van der Waals surface area contributed by atoms with E-state index in [4.69, 9.17) is 0 Å². The molecule has 5 heteroatoms. The molecule has 70 heavy (non-hydrogen) atoms. The average molecular weight is 897 g/mol. The summed E-state index contributed by atoms with van der Waals surface area (Å²) in [5.41, 5.74) is 21.8. The van der Waals surface area contributed by atoms with Crippen molar-refractivity contribution in [2.45, 2.75) is 26.2 Å². The first-order valence-electron chi connectivity index (χ1n) is 24.1. The minimum atomic E-state index is -0.226. The molecule has 0 saturated heterocycles. The molecular weight excluding hydrogens is 848 g/mol. The monoisotopic (exact) mass is 896 g/mol. The third kappa shape index (κ3) is 7.33. The third-order valence-electron chi connectivity index (χ3n) is 14.0. The Morgan fingerprint density at radius 2 is 0.914 bits per heavy atom. The van der Waals surface area contributed by atoms with E-state index in [1.807, 2.05) is 12.1 Å². The van der Waals surface area contributed by atoms with Gasteiger partial charge in [-0.05, 0) is 128 Å². The van der Waals surface area contributed by atoms with Crippen molar-refractivity contribution >= 4 is 74.3 Å². The molecule has 0 aliphatic carbocycles. The Kier molecular flexibility index (Phi) is 10.5. The molecule has 12 rings (SSSR count). The van der Waals surface area contributed by atoms with E-state index in [-0.39, 0.29) is 12.1 Å². The summed E-state index contributed by atoms with van der Waals surface area (Å²) < 4.78 is 0. The summed E-state index contributed by atoms with van der Waals surface area (Å²) in [6.45, 7) is 6.85. The molecule has 10 aromatic carbocycles. The molecule has 2 aliphatic heterocycles. The molecule has 0 fully saturated rings. The fraction of sp³-hybridized carbons (Fsp3) is 0.0615. The molecular formula is C65H49BN4.